The normalized spacial score (nSPS) is 8.81. The standard InChI is InChI=1S/C9H16O4.C3H6/c10-8(11)6-4-2-1-3-5-7-9(12)13;1-3-2/h1-7H2,(H,10,11)(H,12,13);3H,1H2,2H3. The van der Waals surface area contributed by atoms with Crippen LogP contribution in [0.25, 0.3) is 0 Å². The number of hydrogen-bond acceptors (Lipinski definition) is 2. The van der Waals surface area contributed by atoms with Gasteiger partial charge in [-0.05, 0) is 19.8 Å². The van der Waals surface area contributed by atoms with Gasteiger partial charge in [-0.2, -0.15) is 0 Å². The lowest BCUT2D eigenvalue weighted by molar-refractivity contribution is -0.138. The maximum absolute atomic E-state index is 10.1. The summed E-state index contributed by atoms with van der Waals surface area (Å²) in [6, 6.07) is 0. The minimum absolute atomic E-state index is 0.221. The van der Waals surface area contributed by atoms with E-state index in [1.54, 1.807) is 6.08 Å². The van der Waals surface area contributed by atoms with Gasteiger partial charge in [0.2, 0.25) is 0 Å². The Morgan fingerprint density at radius 2 is 1.19 bits per heavy atom. The molecule has 0 heterocycles. The third kappa shape index (κ3) is 23.0. The molecule has 0 aliphatic rings. The topological polar surface area (TPSA) is 74.6 Å². The monoisotopic (exact) mass is 230 g/mol. The maximum atomic E-state index is 10.1. The van der Waals surface area contributed by atoms with Crippen molar-refractivity contribution in [2.75, 3.05) is 0 Å². The number of carbonyl (C=O) groups is 2. The van der Waals surface area contributed by atoms with Crippen LogP contribution < -0.4 is 0 Å². The van der Waals surface area contributed by atoms with Gasteiger partial charge in [-0.25, -0.2) is 0 Å². The molecular weight excluding hydrogens is 208 g/mol. The average Bonchev–Trinajstić information content (AvgIpc) is 2.16. The van der Waals surface area contributed by atoms with E-state index in [1.165, 1.54) is 0 Å². The first-order chi connectivity index (χ1) is 7.54. The van der Waals surface area contributed by atoms with Crippen LogP contribution in [0.4, 0.5) is 0 Å². The number of carboxylic acid groups (broad SMARTS) is 2. The number of allylic oxidation sites excluding steroid dienone is 1. The highest BCUT2D eigenvalue weighted by Crippen LogP contribution is 2.06. The molecule has 0 saturated heterocycles. The van der Waals surface area contributed by atoms with E-state index in [4.69, 9.17) is 10.2 Å². The summed E-state index contributed by atoms with van der Waals surface area (Å²) in [6.07, 6.45) is 6.28. The van der Waals surface area contributed by atoms with Crippen LogP contribution in [0.2, 0.25) is 0 Å². The van der Waals surface area contributed by atoms with Crippen LogP contribution in [0.1, 0.15) is 51.9 Å². The smallest absolute Gasteiger partial charge is 0.303 e. The van der Waals surface area contributed by atoms with E-state index < -0.39 is 11.9 Å². The van der Waals surface area contributed by atoms with Crippen LogP contribution in [-0.2, 0) is 9.59 Å². The summed E-state index contributed by atoms with van der Waals surface area (Å²) in [4.78, 5) is 20.2. The molecular formula is C12H22O4. The summed E-state index contributed by atoms with van der Waals surface area (Å²) in [5, 5.41) is 16.6. The lowest BCUT2D eigenvalue weighted by atomic mass is 10.1. The predicted octanol–water partition coefficient (Wildman–Crippen LogP) is 3.08. The minimum Gasteiger partial charge on any atom is -0.481 e. The molecule has 0 atom stereocenters. The van der Waals surface area contributed by atoms with E-state index in [-0.39, 0.29) is 12.8 Å². The molecule has 16 heavy (non-hydrogen) atoms. The van der Waals surface area contributed by atoms with Crippen LogP contribution in [-0.4, -0.2) is 22.2 Å². The van der Waals surface area contributed by atoms with Gasteiger partial charge in [0, 0.05) is 12.8 Å². The molecule has 0 spiro atoms. The molecule has 0 aromatic carbocycles. The first-order valence-electron chi connectivity index (χ1n) is 5.55. The lowest BCUT2D eigenvalue weighted by Crippen LogP contribution is -1.95. The number of unbranched alkanes of at least 4 members (excludes halogenated alkanes) is 4. The molecule has 0 fully saturated rings. The number of hydrogen-bond donors (Lipinski definition) is 2. The SMILES string of the molecule is C=CC.O=C(O)CCCCCCCC(=O)O. The number of aliphatic carboxylic acids is 2. The number of carboxylic acids is 2. The third-order valence-electron chi connectivity index (χ3n) is 1.78. The summed E-state index contributed by atoms with van der Waals surface area (Å²) < 4.78 is 0. The Morgan fingerprint density at radius 3 is 1.44 bits per heavy atom. The molecule has 0 rings (SSSR count). The predicted molar refractivity (Wildman–Crippen MR) is 63.5 cm³/mol. The summed E-state index contributed by atoms with van der Waals surface area (Å²) in [7, 11) is 0. The second kappa shape index (κ2) is 13.7. The van der Waals surface area contributed by atoms with Crippen molar-refractivity contribution >= 4 is 11.9 Å². The Bertz CT molecular complexity index is 181. The highest BCUT2D eigenvalue weighted by Gasteiger charge is 1.98. The molecule has 2 N–H and O–H groups in total. The quantitative estimate of drug-likeness (QED) is 0.496. The molecule has 4 heteroatoms. The first-order valence-corrected chi connectivity index (χ1v) is 5.55. The largest absolute Gasteiger partial charge is 0.481 e. The van der Waals surface area contributed by atoms with E-state index in [2.05, 4.69) is 6.58 Å². The average molecular weight is 230 g/mol. The summed E-state index contributed by atoms with van der Waals surface area (Å²) in [5.74, 6) is -1.52. The van der Waals surface area contributed by atoms with E-state index in [0.29, 0.717) is 12.8 Å². The van der Waals surface area contributed by atoms with Gasteiger partial charge in [0.25, 0.3) is 0 Å². The summed E-state index contributed by atoms with van der Waals surface area (Å²) >= 11 is 0. The van der Waals surface area contributed by atoms with Crippen LogP contribution >= 0.6 is 0 Å². The van der Waals surface area contributed by atoms with Gasteiger partial charge in [0.05, 0.1) is 0 Å². The van der Waals surface area contributed by atoms with E-state index >= 15 is 0 Å². The van der Waals surface area contributed by atoms with Gasteiger partial charge in [-0.1, -0.05) is 25.3 Å². The van der Waals surface area contributed by atoms with Crippen LogP contribution in [0, 0.1) is 0 Å². The molecule has 0 bridgehead atoms. The Kier molecular flexibility index (Phi) is 14.6. The minimum atomic E-state index is -0.759. The highest BCUT2D eigenvalue weighted by atomic mass is 16.4. The Labute approximate surface area is 97.0 Å². The van der Waals surface area contributed by atoms with Crippen molar-refractivity contribution in [2.45, 2.75) is 51.9 Å². The van der Waals surface area contributed by atoms with E-state index in [9.17, 15) is 9.59 Å². The molecule has 0 amide bonds. The summed E-state index contributed by atoms with van der Waals surface area (Å²) in [5.41, 5.74) is 0. The third-order valence-corrected chi connectivity index (χ3v) is 1.78. The van der Waals surface area contributed by atoms with Crippen molar-refractivity contribution in [3.63, 3.8) is 0 Å². The molecule has 0 aromatic rings. The Morgan fingerprint density at radius 1 is 0.938 bits per heavy atom. The molecule has 0 saturated carbocycles. The number of rotatable bonds is 8. The van der Waals surface area contributed by atoms with Gasteiger partial charge in [0.15, 0.2) is 0 Å². The van der Waals surface area contributed by atoms with Crippen molar-refractivity contribution < 1.29 is 19.8 Å². The lowest BCUT2D eigenvalue weighted by Gasteiger charge is -1.97. The highest BCUT2D eigenvalue weighted by molar-refractivity contribution is 5.66. The second-order valence-electron chi connectivity index (χ2n) is 3.46. The molecule has 0 aromatic heterocycles. The van der Waals surface area contributed by atoms with Crippen LogP contribution in [0.3, 0.4) is 0 Å². The van der Waals surface area contributed by atoms with Gasteiger partial charge in [-0.3, -0.25) is 9.59 Å². The Hall–Kier alpha value is -1.32. The van der Waals surface area contributed by atoms with Crippen LogP contribution in [0.5, 0.6) is 0 Å². The van der Waals surface area contributed by atoms with E-state index in [1.807, 2.05) is 6.92 Å². The molecule has 0 unspecified atom stereocenters. The van der Waals surface area contributed by atoms with Crippen molar-refractivity contribution in [1.82, 2.24) is 0 Å². The molecule has 0 aliphatic carbocycles. The van der Waals surface area contributed by atoms with Crippen molar-refractivity contribution in [2.24, 2.45) is 0 Å². The fourth-order valence-electron chi connectivity index (χ4n) is 1.08. The molecule has 94 valence electrons. The van der Waals surface area contributed by atoms with Crippen molar-refractivity contribution in [3.8, 4) is 0 Å². The van der Waals surface area contributed by atoms with E-state index in [0.717, 1.165) is 19.3 Å². The van der Waals surface area contributed by atoms with Crippen LogP contribution in [0.15, 0.2) is 12.7 Å². The molecule has 0 radical (unpaired) electrons. The van der Waals surface area contributed by atoms with Gasteiger partial charge in [0.1, 0.15) is 0 Å². The molecule has 0 aliphatic heterocycles. The summed E-state index contributed by atoms with van der Waals surface area (Å²) in [6.45, 7) is 5.25. The zero-order valence-electron chi connectivity index (χ0n) is 9.95. The van der Waals surface area contributed by atoms with Crippen molar-refractivity contribution in [1.29, 1.82) is 0 Å². The fourth-order valence-corrected chi connectivity index (χ4v) is 1.08. The van der Waals surface area contributed by atoms with Crippen molar-refractivity contribution in [3.05, 3.63) is 12.7 Å². The fraction of sp³-hybridized carbons (Fsp3) is 0.667. The molecule has 4 nitrogen and oxygen atoms in total. The zero-order chi connectivity index (χ0) is 12.8. The Balaban J connectivity index is 0. The maximum Gasteiger partial charge on any atom is 0.303 e. The zero-order valence-corrected chi connectivity index (χ0v) is 9.95. The first kappa shape index (κ1) is 17.1. The van der Waals surface area contributed by atoms with Gasteiger partial charge < -0.3 is 10.2 Å². The van der Waals surface area contributed by atoms with Gasteiger partial charge in [-0.15, -0.1) is 6.58 Å². The second-order valence-corrected chi connectivity index (χ2v) is 3.46. The van der Waals surface area contributed by atoms with Gasteiger partial charge >= 0.3 is 11.9 Å².